The molecule has 0 aromatic carbocycles. The lowest BCUT2D eigenvalue weighted by molar-refractivity contribution is -0.142. The Labute approximate surface area is 187 Å². The molecule has 31 heavy (non-hydrogen) atoms. The minimum absolute atomic E-state index is 0.0541. The Morgan fingerprint density at radius 1 is 1.19 bits per heavy atom. The van der Waals surface area contributed by atoms with Crippen LogP contribution in [0.3, 0.4) is 0 Å². The van der Waals surface area contributed by atoms with E-state index in [4.69, 9.17) is 0 Å². The molecule has 0 bridgehead atoms. The van der Waals surface area contributed by atoms with Crippen molar-refractivity contribution in [1.82, 2.24) is 10.2 Å². The molecule has 5 unspecified atom stereocenters. The Morgan fingerprint density at radius 3 is 2.68 bits per heavy atom. The van der Waals surface area contributed by atoms with Gasteiger partial charge < -0.3 is 10.2 Å². The Morgan fingerprint density at radius 2 is 1.97 bits per heavy atom. The van der Waals surface area contributed by atoms with E-state index in [-0.39, 0.29) is 28.6 Å². The molecule has 4 aliphatic rings. The molecule has 0 saturated heterocycles. The van der Waals surface area contributed by atoms with Crippen LogP contribution in [0.4, 0.5) is 0 Å². The number of hydrogen-bond acceptors (Lipinski definition) is 2. The molecular formula is C27H38N2O2. The summed E-state index contributed by atoms with van der Waals surface area (Å²) in [7, 11) is 1.97. The highest BCUT2D eigenvalue weighted by Gasteiger charge is 2.61. The Balaban J connectivity index is 1.55. The van der Waals surface area contributed by atoms with Crippen LogP contribution in [0.2, 0.25) is 0 Å². The van der Waals surface area contributed by atoms with Crippen molar-refractivity contribution in [2.24, 2.45) is 34.5 Å². The molecule has 1 heterocycles. The lowest BCUT2D eigenvalue weighted by atomic mass is 9.47. The minimum atomic E-state index is 0.0541. The van der Waals surface area contributed by atoms with Gasteiger partial charge in [0.25, 0.3) is 0 Å². The van der Waals surface area contributed by atoms with E-state index >= 15 is 0 Å². The number of allylic oxidation sites excluding steroid dienone is 4. The molecule has 3 aliphatic carbocycles. The molecule has 2 amide bonds. The van der Waals surface area contributed by atoms with Gasteiger partial charge in [-0.15, -0.1) is 0 Å². The Hall–Kier alpha value is -2.10. The van der Waals surface area contributed by atoms with E-state index in [9.17, 15) is 9.59 Å². The normalized spacial score (nSPS) is 42.2. The maximum atomic E-state index is 13.3. The summed E-state index contributed by atoms with van der Waals surface area (Å²) in [4.78, 5) is 27.5. The molecule has 0 aromatic heterocycles. The number of fused-ring (bicyclic) bond motifs is 5. The minimum Gasteiger partial charge on any atom is -0.338 e. The molecule has 7 atom stereocenters. The predicted molar refractivity (Wildman–Crippen MR) is 125 cm³/mol. The third-order valence-electron chi connectivity index (χ3n) is 9.40. The van der Waals surface area contributed by atoms with Crippen LogP contribution in [0.1, 0.15) is 59.3 Å². The highest BCUT2D eigenvalue weighted by atomic mass is 16.2. The van der Waals surface area contributed by atoms with E-state index in [1.807, 2.05) is 37.1 Å². The van der Waals surface area contributed by atoms with Crippen molar-refractivity contribution in [3.8, 4) is 0 Å². The van der Waals surface area contributed by atoms with E-state index < -0.39 is 0 Å². The topological polar surface area (TPSA) is 49.4 Å². The van der Waals surface area contributed by atoms with Crippen LogP contribution < -0.4 is 5.32 Å². The largest absolute Gasteiger partial charge is 0.338 e. The molecule has 168 valence electrons. The van der Waals surface area contributed by atoms with E-state index in [1.54, 1.807) is 12.2 Å². The Bertz CT molecular complexity index is 855. The maximum absolute atomic E-state index is 13.3. The molecule has 0 spiro atoms. The summed E-state index contributed by atoms with van der Waals surface area (Å²) in [5.41, 5.74) is 0.886. The van der Waals surface area contributed by atoms with Crippen molar-refractivity contribution in [3.05, 3.63) is 48.7 Å². The van der Waals surface area contributed by atoms with Gasteiger partial charge in [-0.25, -0.2) is 0 Å². The van der Waals surface area contributed by atoms with Crippen LogP contribution in [-0.4, -0.2) is 29.8 Å². The number of likely N-dealkylation sites (N-methyl/N-ethyl adjacent to an activating group) is 1. The Kier molecular flexibility index (Phi) is 5.78. The third-order valence-corrected chi connectivity index (χ3v) is 9.40. The lowest BCUT2D eigenvalue weighted by Gasteiger charge is -2.60. The van der Waals surface area contributed by atoms with Gasteiger partial charge in [-0.2, -0.15) is 0 Å². The van der Waals surface area contributed by atoms with Crippen LogP contribution in [0.25, 0.3) is 0 Å². The lowest BCUT2D eigenvalue weighted by Crippen LogP contribution is -2.59. The molecule has 4 nitrogen and oxygen atoms in total. The summed E-state index contributed by atoms with van der Waals surface area (Å²) in [5, 5.41) is 3.13. The molecule has 0 aromatic rings. The summed E-state index contributed by atoms with van der Waals surface area (Å²) < 4.78 is 0. The maximum Gasteiger partial charge on any atom is 0.246 e. The number of nitrogens with zero attached hydrogens (tertiary/aromatic N) is 1. The first kappa shape index (κ1) is 22.1. The number of carbonyl (C=O) groups excluding carboxylic acids is 2. The molecular weight excluding hydrogens is 384 g/mol. The van der Waals surface area contributed by atoms with Gasteiger partial charge in [0.15, 0.2) is 0 Å². The van der Waals surface area contributed by atoms with Gasteiger partial charge >= 0.3 is 0 Å². The van der Waals surface area contributed by atoms with Gasteiger partial charge in [0.1, 0.15) is 0 Å². The summed E-state index contributed by atoms with van der Waals surface area (Å²) in [6.45, 7) is 10.6. The highest BCUT2D eigenvalue weighted by molar-refractivity contribution is 5.89. The quantitative estimate of drug-likeness (QED) is 0.648. The SMILES string of the molecule is C=C/C(=C\C=C/C)NC(=O)C1CCC2C3CCC4N(C)C(=O)C=C[C@]4(C)C3CC[C@]12C. The van der Waals surface area contributed by atoms with Crippen LogP contribution in [-0.2, 0) is 9.59 Å². The van der Waals surface area contributed by atoms with Crippen molar-refractivity contribution in [2.75, 3.05) is 7.05 Å². The van der Waals surface area contributed by atoms with Crippen LogP contribution in [0.5, 0.6) is 0 Å². The average Bonchev–Trinajstić information content (AvgIpc) is 3.11. The number of nitrogens with one attached hydrogen (secondary N) is 1. The van der Waals surface area contributed by atoms with Crippen LogP contribution >= 0.6 is 0 Å². The highest BCUT2D eigenvalue weighted by Crippen LogP contribution is 2.65. The van der Waals surface area contributed by atoms with E-state index in [1.165, 1.54) is 6.42 Å². The fourth-order valence-corrected chi connectivity index (χ4v) is 7.76. The predicted octanol–water partition coefficient (Wildman–Crippen LogP) is 5.00. The molecule has 4 heteroatoms. The van der Waals surface area contributed by atoms with Gasteiger partial charge in [0.2, 0.25) is 11.8 Å². The smallest absolute Gasteiger partial charge is 0.246 e. The second-order valence-electron chi connectivity index (χ2n) is 10.6. The van der Waals surface area contributed by atoms with Crippen LogP contribution in [0.15, 0.2) is 48.7 Å². The van der Waals surface area contributed by atoms with Gasteiger partial charge in [-0.3, -0.25) is 9.59 Å². The first-order chi connectivity index (χ1) is 14.8. The van der Waals surface area contributed by atoms with E-state index in [0.717, 1.165) is 37.8 Å². The number of carbonyl (C=O) groups is 2. The van der Waals surface area contributed by atoms with E-state index in [2.05, 4.69) is 31.8 Å². The van der Waals surface area contributed by atoms with Crippen LogP contribution in [0, 0.1) is 34.5 Å². The van der Waals surface area contributed by atoms with Gasteiger partial charge in [0.05, 0.1) is 0 Å². The second-order valence-corrected chi connectivity index (χ2v) is 10.6. The second kappa shape index (κ2) is 8.11. The zero-order valence-electron chi connectivity index (χ0n) is 19.6. The average molecular weight is 423 g/mol. The molecule has 3 saturated carbocycles. The van der Waals surface area contributed by atoms with Crippen molar-refractivity contribution >= 4 is 11.8 Å². The van der Waals surface area contributed by atoms with Crippen molar-refractivity contribution in [2.45, 2.75) is 65.3 Å². The number of rotatable bonds is 4. The summed E-state index contributed by atoms with van der Waals surface area (Å²) in [5.74, 6) is 2.18. The molecule has 1 aliphatic heterocycles. The van der Waals surface area contributed by atoms with Crippen molar-refractivity contribution in [1.29, 1.82) is 0 Å². The monoisotopic (exact) mass is 422 g/mol. The van der Waals surface area contributed by atoms with Crippen molar-refractivity contribution in [3.63, 3.8) is 0 Å². The van der Waals surface area contributed by atoms with Gasteiger partial charge in [0, 0.05) is 30.1 Å². The zero-order valence-corrected chi connectivity index (χ0v) is 19.6. The molecule has 0 radical (unpaired) electrons. The first-order valence-corrected chi connectivity index (χ1v) is 12.0. The molecule has 3 fully saturated rings. The summed E-state index contributed by atoms with van der Waals surface area (Å²) in [6.07, 6.45) is 18.1. The standard InChI is InChI=1S/C27H38N2O2/c1-6-8-9-18(7-2)28-25(31)22-12-11-20-19-10-13-23-27(4,17-15-24(30)29(23)5)21(19)14-16-26(20,22)3/h6-9,15,17,19-23H,2,10-14,16H2,1,3-5H3,(H,28,31)/b8-6-,18-9+/t19?,20?,21?,22?,23?,26-,27+/m0/s1. The number of amides is 2. The number of hydrogen-bond donors (Lipinski definition) is 1. The summed E-state index contributed by atoms with van der Waals surface area (Å²) in [6, 6.07) is 0.308. The third kappa shape index (κ3) is 3.43. The fourth-order valence-electron chi connectivity index (χ4n) is 7.76. The van der Waals surface area contributed by atoms with E-state index in [0.29, 0.717) is 23.8 Å². The molecule has 4 rings (SSSR count). The fraction of sp³-hybridized carbons (Fsp3) is 0.630. The first-order valence-electron chi connectivity index (χ1n) is 12.0. The molecule has 1 N–H and O–H groups in total. The van der Waals surface area contributed by atoms with Crippen molar-refractivity contribution < 1.29 is 9.59 Å². The van der Waals surface area contributed by atoms with Gasteiger partial charge in [-0.05, 0) is 86.8 Å². The summed E-state index contributed by atoms with van der Waals surface area (Å²) >= 11 is 0. The zero-order chi connectivity index (χ0) is 22.4. The van der Waals surface area contributed by atoms with Gasteiger partial charge in [-0.1, -0.05) is 38.7 Å².